The molecule has 3 aliphatic heterocycles. The highest BCUT2D eigenvalue weighted by atomic mass is 16.2. The molecule has 3 rings (SSSR count). The first-order valence-corrected chi connectivity index (χ1v) is 6.92. The fraction of sp³-hybridized carbons (Fsp3) is 0.923. The largest absolute Gasteiger partial charge is 0.344 e. The van der Waals surface area contributed by atoms with Crippen molar-refractivity contribution in [1.82, 2.24) is 9.80 Å². The Morgan fingerprint density at radius 3 is 2.35 bits per heavy atom. The zero-order valence-electron chi connectivity index (χ0n) is 10.6. The molecule has 4 nitrogen and oxygen atoms in total. The van der Waals surface area contributed by atoms with Gasteiger partial charge in [-0.15, -0.1) is 0 Å². The molecule has 17 heavy (non-hydrogen) atoms. The van der Waals surface area contributed by atoms with Gasteiger partial charge in [0.15, 0.2) is 0 Å². The number of fused-ring (bicyclic) bond motifs is 2. The van der Waals surface area contributed by atoms with E-state index in [-0.39, 0.29) is 0 Å². The van der Waals surface area contributed by atoms with Crippen LogP contribution in [-0.4, -0.2) is 53.5 Å². The molecule has 3 unspecified atom stereocenters. The molecule has 0 saturated carbocycles. The summed E-state index contributed by atoms with van der Waals surface area (Å²) in [4.78, 5) is 16.1. The zero-order chi connectivity index (χ0) is 12.0. The van der Waals surface area contributed by atoms with Crippen molar-refractivity contribution in [1.29, 1.82) is 0 Å². The van der Waals surface area contributed by atoms with Gasteiger partial charge in [-0.3, -0.25) is 9.69 Å². The maximum absolute atomic E-state index is 11.5. The normalized spacial score (nSPS) is 43.2. The lowest BCUT2D eigenvalue weighted by molar-refractivity contribution is -0.134. The van der Waals surface area contributed by atoms with Gasteiger partial charge in [-0.25, -0.2) is 0 Å². The van der Waals surface area contributed by atoms with E-state index in [1.807, 2.05) is 11.9 Å². The summed E-state index contributed by atoms with van der Waals surface area (Å²) >= 11 is 0. The number of rotatable bonds is 1. The van der Waals surface area contributed by atoms with Gasteiger partial charge in [-0.05, 0) is 32.1 Å². The molecule has 3 aliphatic rings. The maximum atomic E-state index is 11.5. The van der Waals surface area contributed by atoms with Gasteiger partial charge in [-0.2, -0.15) is 0 Å². The third-order valence-electron chi connectivity index (χ3n) is 4.85. The first-order chi connectivity index (χ1) is 8.15. The van der Waals surface area contributed by atoms with Gasteiger partial charge in [0.2, 0.25) is 5.91 Å². The summed E-state index contributed by atoms with van der Waals surface area (Å²) in [6, 6.07) is 2.38. The first kappa shape index (κ1) is 11.5. The second kappa shape index (κ2) is 4.25. The third kappa shape index (κ3) is 1.97. The summed E-state index contributed by atoms with van der Waals surface area (Å²) in [5, 5.41) is 0. The number of amides is 1. The van der Waals surface area contributed by atoms with E-state index in [2.05, 4.69) is 4.90 Å². The number of likely N-dealkylation sites (tertiary alicyclic amines) is 1. The number of nitrogens with two attached hydrogens (primary N) is 1. The Morgan fingerprint density at radius 1 is 1.12 bits per heavy atom. The van der Waals surface area contributed by atoms with Crippen LogP contribution >= 0.6 is 0 Å². The van der Waals surface area contributed by atoms with Crippen LogP contribution in [0.5, 0.6) is 0 Å². The highest BCUT2D eigenvalue weighted by Gasteiger charge is 2.44. The summed E-state index contributed by atoms with van der Waals surface area (Å²) in [5.41, 5.74) is 6.11. The van der Waals surface area contributed by atoms with Crippen molar-refractivity contribution in [3.8, 4) is 0 Å². The number of carbonyl (C=O) groups is 1. The lowest BCUT2D eigenvalue weighted by Crippen LogP contribution is -2.57. The van der Waals surface area contributed by atoms with Crippen molar-refractivity contribution >= 4 is 5.91 Å². The molecule has 96 valence electrons. The minimum atomic E-state index is 0.308. The van der Waals surface area contributed by atoms with Crippen LogP contribution in [0.2, 0.25) is 0 Å². The molecule has 0 aromatic rings. The van der Waals surface area contributed by atoms with Crippen LogP contribution in [0, 0.1) is 0 Å². The Morgan fingerprint density at radius 2 is 1.76 bits per heavy atom. The molecule has 4 heteroatoms. The van der Waals surface area contributed by atoms with Crippen LogP contribution < -0.4 is 5.73 Å². The fourth-order valence-electron chi connectivity index (χ4n) is 4.09. The minimum Gasteiger partial charge on any atom is -0.344 e. The molecule has 3 saturated heterocycles. The average Bonchev–Trinajstić information content (AvgIpc) is 2.55. The Kier molecular flexibility index (Phi) is 2.87. The van der Waals surface area contributed by atoms with Crippen LogP contribution in [0.3, 0.4) is 0 Å². The summed E-state index contributed by atoms with van der Waals surface area (Å²) in [6.45, 7) is 0.918. The topological polar surface area (TPSA) is 49.6 Å². The summed E-state index contributed by atoms with van der Waals surface area (Å²) < 4.78 is 0. The summed E-state index contributed by atoms with van der Waals surface area (Å²) in [6.07, 6.45) is 6.71. The molecule has 3 fully saturated rings. The standard InChI is InChI=1S/C13H23N3O/c1-15-8-12(4-5-13(15)17)16-10-2-3-11(16)7-9(14)6-10/h9-12H,2-8,14H2,1H3. The van der Waals surface area contributed by atoms with Crippen LogP contribution in [0.25, 0.3) is 0 Å². The van der Waals surface area contributed by atoms with E-state index in [0.29, 0.717) is 30.1 Å². The molecular weight excluding hydrogens is 214 g/mol. The number of likely N-dealkylation sites (N-methyl/N-ethyl adjacent to an activating group) is 1. The Balaban J connectivity index is 1.71. The van der Waals surface area contributed by atoms with E-state index < -0.39 is 0 Å². The number of piperidine rings is 2. The van der Waals surface area contributed by atoms with E-state index in [9.17, 15) is 4.79 Å². The maximum Gasteiger partial charge on any atom is 0.222 e. The monoisotopic (exact) mass is 237 g/mol. The fourth-order valence-corrected chi connectivity index (χ4v) is 4.09. The van der Waals surface area contributed by atoms with Gasteiger partial charge in [0.1, 0.15) is 0 Å². The molecule has 0 spiro atoms. The van der Waals surface area contributed by atoms with Crippen molar-refractivity contribution in [3.05, 3.63) is 0 Å². The van der Waals surface area contributed by atoms with Crippen LogP contribution in [-0.2, 0) is 4.79 Å². The molecule has 1 amide bonds. The average molecular weight is 237 g/mol. The zero-order valence-corrected chi connectivity index (χ0v) is 10.6. The summed E-state index contributed by atoms with van der Waals surface area (Å²) in [5.74, 6) is 0.308. The highest BCUT2D eigenvalue weighted by molar-refractivity contribution is 5.76. The minimum absolute atomic E-state index is 0.308. The van der Waals surface area contributed by atoms with E-state index in [1.165, 1.54) is 12.8 Å². The van der Waals surface area contributed by atoms with Gasteiger partial charge in [0.25, 0.3) is 0 Å². The molecule has 3 atom stereocenters. The van der Waals surface area contributed by atoms with Crippen molar-refractivity contribution in [2.75, 3.05) is 13.6 Å². The molecule has 0 aromatic heterocycles. The van der Waals surface area contributed by atoms with E-state index >= 15 is 0 Å². The van der Waals surface area contributed by atoms with E-state index in [1.54, 1.807) is 0 Å². The van der Waals surface area contributed by atoms with Gasteiger partial charge >= 0.3 is 0 Å². The number of hydrogen-bond acceptors (Lipinski definition) is 3. The van der Waals surface area contributed by atoms with E-state index in [0.717, 1.165) is 32.2 Å². The van der Waals surface area contributed by atoms with Crippen molar-refractivity contribution in [2.24, 2.45) is 5.73 Å². The van der Waals surface area contributed by atoms with Gasteiger partial charge < -0.3 is 10.6 Å². The summed E-state index contributed by atoms with van der Waals surface area (Å²) in [7, 11) is 1.94. The van der Waals surface area contributed by atoms with Crippen LogP contribution in [0.4, 0.5) is 0 Å². The molecule has 0 aliphatic carbocycles. The van der Waals surface area contributed by atoms with Crippen LogP contribution in [0.15, 0.2) is 0 Å². The molecule has 0 aromatic carbocycles. The molecule has 2 bridgehead atoms. The van der Waals surface area contributed by atoms with Crippen molar-refractivity contribution in [3.63, 3.8) is 0 Å². The predicted molar refractivity (Wildman–Crippen MR) is 66.5 cm³/mol. The Hall–Kier alpha value is -0.610. The second-order valence-electron chi connectivity index (χ2n) is 6.03. The SMILES string of the molecule is CN1CC(N2C3CCC2CC(N)C3)CCC1=O. The molecule has 3 heterocycles. The predicted octanol–water partition coefficient (Wildman–Crippen LogP) is 0.561. The van der Waals surface area contributed by atoms with Gasteiger partial charge in [0.05, 0.1) is 0 Å². The Labute approximate surface area is 103 Å². The third-order valence-corrected chi connectivity index (χ3v) is 4.85. The van der Waals surface area contributed by atoms with Crippen molar-refractivity contribution < 1.29 is 4.79 Å². The van der Waals surface area contributed by atoms with Crippen molar-refractivity contribution in [2.45, 2.75) is 62.7 Å². The highest BCUT2D eigenvalue weighted by Crippen LogP contribution is 2.38. The number of hydrogen-bond donors (Lipinski definition) is 1. The Bertz CT molecular complexity index is 306. The van der Waals surface area contributed by atoms with Crippen LogP contribution in [0.1, 0.15) is 38.5 Å². The lowest BCUT2D eigenvalue weighted by atomic mass is 9.93. The quantitative estimate of drug-likeness (QED) is 0.725. The van der Waals surface area contributed by atoms with Gasteiger partial charge in [-0.1, -0.05) is 0 Å². The van der Waals surface area contributed by atoms with Gasteiger partial charge in [0, 0.05) is 44.2 Å². The smallest absolute Gasteiger partial charge is 0.222 e. The molecule has 0 radical (unpaired) electrons. The molecule has 2 N–H and O–H groups in total. The first-order valence-electron chi connectivity index (χ1n) is 6.92. The number of carbonyl (C=O) groups excluding carboxylic acids is 1. The lowest BCUT2D eigenvalue weighted by Gasteiger charge is -2.45. The number of nitrogens with zero attached hydrogens (tertiary/aromatic N) is 2. The van der Waals surface area contributed by atoms with E-state index in [4.69, 9.17) is 5.73 Å². The molecular formula is C13H23N3O. The second-order valence-corrected chi connectivity index (χ2v) is 6.03.